The molecule has 2 heterocycles. The van der Waals surface area contributed by atoms with Crippen LogP contribution in [0.2, 0.25) is 5.02 Å². The van der Waals surface area contributed by atoms with Crippen LogP contribution in [0.5, 0.6) is 0 Å². The van der Waals surface area contributed by atoms with Crippen molar-refractivity contribution in [1.29, 1.82) is 0 Å². The van der Waals surface area contributed by atoms with Gasteiger partial charge in [0.2, 0.25) is 11.8 Å². The Balaban J connectivity index is 0.00000225. The van der Waals surface area contributed by atoms with Gasteiger partial charge in [0.15, 0.2) is 0 Å². The minimum absolute atomic E-state index is 0. The second-order valence-corrected chi connectivity index (χ2v) is 5.85. The van der Waals surface area contributed by atoms with Crippen molar-refractivity contribution < 1.29 is 26.4 Å². The predicted molar refractivity (Wildman–Crippen MR) is 88.6 cm³/mol. The number of carbonyl (C=O) groups excluding carboxylic acids is 1. The van der Waals surface area contributed by atoms with Gasteiger partial charge in [0, 0.05) is 26.2 Å². The van der Waals surface area contributed by atoms with E-state index in [1.165, 1.54) is 0 Å². The lowest BCUT2D eigenvalue weighted by Gasteiger charge is -2.33. The van der Waals surface area contributed by atoms with E-state index in [4.69, 9.17) is 20.8 Å². The van der Waals surface area contributed by atoms with Gasteiger partial charge in [-0.25, -0.2) is 4.79 Å². The number of ether oxygens (including phenoxy) is 1. The molecular weight excluding hydrogens is 367 g/mol. The molecule has 136 valence electrons. The zero-order valence-electron chi connectivity index (χ0n) is 13.8. The van der Waals surface area contributed by atoms with E-state index in [9.17, 15) is 4.79 Å². The highest BCUT2D eigenvalue weighted by Crippen LogP contribution is 2.26. The second kappa shape index (κ2) is 9.03. The summed E-state index contributed by atoms with van der Waals surface area (Å²) in [5.74, 6) is 0.954. The van der Waals surface area contributed by atoms with Crippen molar-refractivity contribution in [1.82, 2.24) is 20.0 Å². The molecule has 1 amide bonds. The van der Waals surface area contributed by atoms with Crippen LogP contribution in [0.15, 0.2) is 28.7 Å². The monoisotopic (exact) mass is 385 g/mol. The molecule has 0 saturated carbocycles. The van der Waals surface area contributed by atoms with E-state index in [1.807, 2.05) is 18.2 Å². The van der Waals surface area contributed by atoms with E-state index in [0.717, 1.165) is 18.7 Å². The van der Waals surface area contributed by atoms with Gasteiger partial charge in [0.1, 0.15) is 0 Å². The first-order valence-corrected chi connectivity index (χ1v) is 8.26. The molecule has 25 heavy (non-hydrogen) atoms. The standard InChI is InChI=1S/C16H19ClN4O3.ClH/c1-2-23-16(22)21-9-7-20(8-10-21)11-14-18-19-15(24-14)12-5-3-4-6-13(12)17;/h3-6H,2,7-11H2,1H3;1H/p-1. The van der Waals surface area contributed by atoms with Gasteiger partial charge in [-0.05, 0) is 19.1 Å². The van der Waals surface area contributed by atoms with E-state index in [2.05, 4.69) is 15.1 Å². The number of benzene rings is 1. The Morgan fingerprint density at radius 3 is 2.64 bits per heavy atom. The Kier molecular flexibility index (Phi) is 7.04. The molecule has 0 atom stereocenters. The molecule has 0 N–H and O–H groups in total. The Hall–Kier alpha value is -1.83. The molecule has 0 spiro atoms. The van der Waals surface area contributed by atoms with Crippen LogP contribution in [-0.2, 0) is 11.3 Å². The number of carbonyl (C=O) groups is 1. The fourth-order valence-electron chi connectivity index (χ4n) is 2.56. The zero-order chi connectivity index (χ0) is 16.9. The first-order valence-electron chi connectivity index (χ1n) is 7.88. The van der Waals surface area contributed by atoms with Crippen LogP contribution in [-0.4, -0.2) is 58.9 Å². The quantitative estimate of drug-likeness (QED) is 0.717. The fourth-order valence-corrected chi connectivity index (χ4v) is 2.77. The summed E-state index contributed by atoms with van der Waals surface area (Å²) in [6, 6.07) is 7.36. The third-order valence-electron chi connectivity index (χ3n) is 3.83. The van der Waals surface area contributed by atoms with Gasteiger partial charge in [-0.1, -0.05) is 23.7 Å². The van der Waals surface area contributed by atoms with Crippen molar-refractivity contribution in [3.8, 4) is 11.5 Å². The Morgan fingerprint density at radius 2 is 1.96 bits per heavy atom. The lowest BCUT2D eigenvalue weighted by molar-refractivity contribution is -0.0000149. The van der Waals surface area contributed by atoms with Gasteiger partial charge in [-0.15, -0.1) is 10.2 Å². The van der Waals surface area contributed by atoms with Crippen LogP contribution in [0.3, 0.4) is 0 Å². The fraction of sp³-hybridized carbons (Fsp3) is 0.438. The number of aromatic nitrogens is 2. The van der Waals surface area contributed by atoms with Crippen molar-refractivity contribution in [3.05, 3.63) is 35.2 Å². The summed E-state index contributed by atoms with van der Waals surface area (Å²) in [6.07, 6.45) is -0.254. The summed E-state index contributed by atoms with van der Waals surface area (Å²) in [4.78, 5) is 15.6. The molecule has 9 heteroatoms. The van der Waals surface area contributed by atoms with Gasteiger partial charge < -0.3 is 26.5 Å². The maximum atomic E-state index is 11.7. The Bertz CT molecular complexity index is 702. The van der Waals surface area contributed by atoms with Crippen molar-refractivity contribution in [3.63, 3.8) is 0 Å². The van der Waals surface area contributed by atoms with Crippen molar-refractivity contribution in [2.24, 2.45) is 0 Å². The smallest absolute Gasteiger partial charge is 0.409 e. The van der Waals surface area contributed by atoms with Crippen LogP contribution in [0.25, 0.3) is 11.5 Å². The summed E-state index contributed by atoms with van der Waals surface area (Å²) >= 11 is 6.14. The summed E-state index contributed by atoms with van der Waals surface area (Å²) in [6.45, 7) is 5.49. The Labute approximate surface area is 157 Å². The molecule has 1 aliphatic heterocycles. The van der Waals surface area contributed by atoms with E-state index in [0.29, 0.717) is 43.0 Å². The lowest BCUT2D eigenvalue weighted by Crippen LogP contribution is -3.00. The lowest BCUT2D eigenvalue weighted by atomic mass is 10.2. The highest BCUT2D eigenvalue weighted by atomic mass is 35.5. The van der Waals surface area contributed by atoms with Gasteiger partial charge in [0.05, 0.1) is 23.7 Å². The molecule has 0 unspecified atom stereocenters. The molecule has 0 aliphatic carbocycles. The molecular formula is C16H19Cl2N4O3-. The van der Waals surface area contributed by atoms with E-state index >= 15 is 0 Å². The molecule has 1 aromatic heterocycles. The van der Waals surface area contributed by atoms with Gasteiger partial charge in [0.25, 0.3) is 0 Å². The summed E-state index contributed by atoms with van der Waals surface area (Å²) in [5, 5.41) is 8.74. The maximum absolute atomic E-state index is 11.7. The molecule has 1 saturated heterocycles. The third kappa shape index (κ3) is 4.84. The van der Waals surface area contributed by atoms with Gasteiger partial charge in [-0.3, -0.25) is 4.90 Å². The van der Waals surface area contributed by atoms with E-state index < -0.39 is 0 Å². The molecule has 1 fully saturated rings. The largest absolute Gasteiger partial charge is 1.00 e. The molecule has 0 bridgehead atoms. The Morgan fingerprint density at radius 1 is 1.24 bits per heavy atom. The predicted octanol–water partition coefficient (Wildman–Crippen LogP) is -0.332. The molecule has 7 nitrogen and oxygen atoms in total. The number of halogens is 2. The molecule has 3 rings (SSSR count). The van der Waals surface area contributed by atoms with Crippen molar-refractivity contribution in [2.75, 3.05) is 32.8 Å². The normalized spacial score (nSPS) is 14.9. The average molecular weight is 386 g/mol. The summed E-state index contributed by atoms with van der Waals surface area (Å²) in [5.41, 5.74) is 0.727. The second-order valence-electron chi connectivity index (χ2n) is 5.44. The molecule has 1 aliphatic rings. The number of nitrogens with zero attached hydrogens (tertiary/aromatic N) is 4. The SMILES string of the molecule is CCOC(=O)N1CCN(Cc2nnc(-c3ccccc3Cl)o2)CC1.[Cl-]. The number of piperazine rings is 1. The number of hydrogen-bond donors (Lipinski definition) is 0. The molecule has 0 radical (unpaired) electrons. The number of hydrogen-bond acceptors (Lipinski definition) is 6. The van der Waals surface area contributed by atoms with Gasteiger partial charge in [-0.2, -0.15) is 0 Å². The summed E-state index contributed by atoms with van der Waals surface area (Å²) in [7, 11) is 0. The van der Waals surface area contributed by atoms with E-state index in [1.54, 1.807) is 17.9 Å². The highest BCUT2D eigenvalue weighted by Gasteiger charge is 2.23. The van der Waals surface area contributed by atoms with E-state index in [-0.39, 0.29) is 18.5 Å². The molecule has 1 aromatic carbocycles. The highest BCUT2D eigenvalue weighted by molar-refractivity contribution is 6.33. The minimum Gasteiger partial charge on any atom is -1.00 e. The van der Waals surface area contributed by atoms with Crippen LogP contribution < -0.4 is 12.4 Å². The van der Waals surface area contributed by atoms with Crippen molar-refractivity contribution in [2.45, 2.75) is 13.5 Å². The average Bonchev–Trinajstić information content (AvgIpc) is 3.04. The summed E-state index contributed by atoms with van der Waals surface area (Å²) < 4.78 is 10.7. The molecule has 2 aromatic rings. The van der Waals surface area contributed by atoms with Crippen LogP contribution in [0.4, 0.5) is 4.79 Å². The van der Waals surface area contributed by atoms with Crippen molar-refractivity contribution >= 4 is 17.7 Å². The zero-order valence-corrected chi connectivity index (χ0v) is 15.3. The minimum atomic E-state index is -0.254. The van der Waals surface area contributed by atoms with Crippen LogP contribution >= 0.6 is 11.6 Å². The van der Waals surface area contributed by atoms with Crippen LogP contribution in [0, 0.1) is 0 Å². The van der Waals surface area contributed by atoms with Gasteiger partial charge >= 0.3 is 6.09 Å². The number of rotatable bonds is 4. The maximum Gasteiger partial charge on any atom is 0.409 e. The van der Waals surface area contributed by atoms with Crippen LogP contribution in [0.1, 0.15) is 12.8 Å². The third-order valence-corrected chi connectivity index (χ3v) is 4.16. The first-order chi connectivity index (χ1) is 11.7. The number of amides is 1. The topological polar surface area (TPSA) is 71.7 Å². The first kappa shape index (κ1) is 19.5.